The molecule has 0 saturated heterocycles. The van der Waals surface area contributed by atoms with Crippen molar-refractivity contribution < 1.29 is 9.53 Å². The van der Waals surface area contributed by atoms with Crippen LogP contribution in [0.1, 0.15) is 60.3 Å². The highest BCUT2D eigenvalue weighted by Crippen LogP contribution is 2.41. The van der Waals surface area contributed by atoms with Crippen LogP contribution < -0.4 is 11.1 Å². The lowest BCUT2D eigenvalue weighted by Crippen LogP contribution is -2.41. The van der Waals surface area contributed by atoms with Crippen LogP contribution in [-0.2, 0) is 4.74 Å². The number of carbonyl (C=O) groups is 1. The van der Waals surface area contributed by atoms with E-state index < -0.39 is 5.60 Å². The van der Waals surface area contributed by atoms with Gasteiger partial charge in [0.15, 0.2) is 0 Å². The molecule has 118 valence electrons. The van der Waals surface area contributed by atoms with E-state index >= 15 is 0 Å². The third kappa shape index (κ3) is 6.12. The fraction of sp³-hybridized carbons (Fsp3) is 0.938. The summed E-state index contributed by atoms with van der Waals surface area (Å²) in [6.45, 7) is 11.5. The highest BCUT2D eigenvalue weighted by Gasteiger charge is 2.32. The molecule has 1 saturated carbocycles. The summed E-state index contributed by atoms with van der Waals surface area (Å²) in [5, 5.41) is 2.87. The van der Waals surface area contributed by atoms with Gasteiger partial charge in [-0.05, 0) is 57.4 Å². The van der Waals surface area contributed by atoms with Crippen molar-refractivity contribution in [1.82, 2.24) is 5.32 Å². The van der Waals surface area contributed by atoms with E-state index in [2.05, 4.69) is 19.2 Å². The Bertz CT molecular complexity index is 321. The quantitative estimate of drug-likeness (QED) is 0.832. The second-order valence-electron chi connectivity index (χ2n) is 7.90. The van der Waals surface area contributed by atoms with Crippen molar-refractivity contribution in [2.75, 3.05) is 13.1 Å². The van der Waals surface area contributed by atoms with Gasteiger partial charge in [-0.2, -0.15) is 0 Å². The molecule has 0 aromatic heterocycles. The first-order valence-corrected chi connectivity index (χ1v) is 7.80. The average Bonchev–Trinajstić information content (AvgIpc) is 2.26. The third-order valence-corrected chi connectivity index (χ3v) is 4.12. The lowest BCUT2D eigenvalue weighted by molar-refractivity contribution is 0.0503. The van der Waals surface area contributed by atoms with Gasteiger partial charge in [0.05, 0.1) is 0 Å². The van der Waals surface area contributed by atoms with Crippen LogP contribution >= 0.6 is 0 Å². The molecular formula is C16H32N2O2. The molecule has 1 amide bonds. The van der Waals surface area contributed by atoms with Crippen molar-refractivity contribution >= 4 is 6.09 Å². The van der Waals surface area contributed by atoms with Crippen molar-refractivity contribution in [3.8, 4) is 0 Å². The van der Waals surface area contributed by atoms with E-state index in [-0.39, 0.29) is 6.09 Å². The minimum atomic E-state index is -0.449. The molecule has 1 fully saturated rings. The topological polar surface area (TPSA) is 64.3 Å². The van der Waals surface area contributed by atoms with Crippen molar-refractivity contribution in [3.63, 3.8) is 0 Å². The van der Waals surface area contributed by atoms with Crippen LogP contribution in [0.5, 0.6) is 0 Å². The summed E-state index contributed by atoms with van der Waals surface area (Å²) in [7, 11) is 0. The van der Waals surface area contributed by atoms with Crippen LogP contribution in [0.15, 0.2) is 0 Å². The Morgan fingerprint density at radius 2 is 2.10 bits per heavy atom. The zero-order valence-corrected chi connectivity index (χ0v) is 13.8. The van der Waals surface area contributed by atoms with Gasteiger partial charge in [0.1, 0.15) is 5.60 Å². The van der Waals surface area contributed by atoms with E-state index in [1.54, 1.807) is 0 Å². The number of hydrogen-bond donors (Lipinski definition) is 2. The third-order valence-electron chi connectivity index (χ3n) is 4.12. The Hall–Kier alpha value is -0.770. The minimum absolute atomic E-state index is 0.342. The maximum atomic E-state index is 11.7. The number of rotatable bonds is 4. The number of amides is 1. The molecule has 0 radical (unpaired) electrons. The second-order valence-corrected chi connectivity index (χ2v) is 7.90. The minimum Gasteiger partial charge on any atom is -0.444 e. The summed E-state index contributed by atoms with van der Waals surface area (Å²) >= 11 is 0. The van der Waals surface area contributed by atoms with Crippen molar-refractivity contribution in [3.05, 3.63) is 0 Å². The number of nitrogens with one attached hydrogen (secondary N) is 1. The summed E-state index contributed by atoms with van der Waals surface area (Å²) < 4.78 is 5.27. The van der Waals surface area contributed by atoms with Crippen LogP contribution in [0.2, 0.25) is 0 Å². The normalized spacial score (nSPS) is 24.0. The van der Waals surface area contributed by atoms with E-state index in [1.165, 1.54) is 25.7 Å². The number of carbonyl (C=O) groups excluding carboxylic acids is 1. The van der Waals surface area contributed by atoms with Gasteiger partial charge in [0, 0.05) is 6.54 Å². The largest absolute Gasteiger partial charge is 0.444 e. The highest BCUT2D eigenvalue weighted by atomic mass is 16.6. The monoisotopic (exact) mass is 284 g/mol. The zero-order valence-electron chi connectivity index (χ0n) is 13.8. The molecule has 0 aromatic rings. The molecule has 0 spiro atoms. The number of alkyl carbamates (subject to hydrolysis) is 1. The fourth-order valence-corrected chi connectivity index (χ4v) is 3.13. The maximum Gasteiger partial charge on any atom is 0.407 e. The van der Waals surface area contributed by atoms with Crippen molar-refractivity contribution in [2.45, 2.75) is 65.9 Å². The zero-order chi connectivity index (χ0) is 15.4. The van der Waals surface area contributed by atoms with Crippen molar-refractivity contribution in [2.24, 2.45) is 23.0 Å². The molecule has 1 aliphatic rings. The summed E-state index contributed by atoms with van der Waals surface area (Å²) in [6.07, 6.45) is 4.64. The molecule has 2 atom stereocenters. The van der Waals surface area contributed by atoms with Gasteiger partial charge in [0.2, 0.25) is 0 Å². The Morgan fingerprint density at radius 3 is 2.60 bits per heavy atom. The van der Waals surface area contributed by atoms with Gasteiger partial charge in [0.25, 0.3) is 0 Å². The molecule has 3 N–H and O–H groups in total. The Labute approximate surface area is 123 Å². The van der Waals surface area contributed by atoms with Crippen LogP contribution in [0.4, 0.5) is 4.79 Å². The van der Waals surface area contributed by atoms with E-state index in [4.69, 9.17) is 10.5 Å². The van der Waals surface area contributed by atoms with Gasteiger partial charge in [-0.1, -0.05) is 26.7 Å². The van der Waals surface area contributed by atoms with E-state index in [9.17, 15) is 4.79 Å². The number of ether oxygens (including phenoxy) is 1. The van der Waals surface area contributed by atoms with Crippen molar-refractivity contribution in [1.29, 1.82) is 0 Å². The highest BCUT2D eigenvalue weighted by molar-refractivity contribution is 5.67. The van der Waals surface area contributed by atoms with Gasteiger partial charge < -0.3 is 15.8 Å². The molecule has 1 aliphatic carbocycles. The van der Waals surface area contributed by atoms with Gasteiger partial charge >= 0.3 is 6.09 Å². The van der Waals surface area contributed by atoms with E-state index in [1.807, 2.05) is 20.8 Å². The lowest BCUT2D eigenvalue weighted by atomic mass is 9.68. The molecule has 0 bridgehead atoms. The molecule has 0 heterocycles. The summed E-state index contributed by atoms with van der Waals surface area (Å²) in [4.78, 5) is 11.7. The lowest BCUT2D eigenvalue weighted by Gasteiger charge is -2.39. The van der Waals surface area contributed by atoms with Gasteiger partial charge in [-0.25, -0.2) is 4.79 Å². The Balaban J connectivity index is 2.45. The predicted molar refractivity (Wildman–Crippen MR) is 82.5 cm³/mol. The van der Waals surface area contributed by atoms with Gasteiger partial charge in [-0.3, -0.25) is 0 Å². The molecule has 1 rings (SSSR count). The van der Waals surface area contributed by atoms with E-state index in [0.717, 1.165) is 0 Å². The smallest absolute Gasteiger partial charge is 0.407 e. The van der Waals surface area contributed by atoms with Crippen LogP contribution in [0, 0.1) is 17.3 Å². The fourth-order valence-electron chi connectivity index (χ4n) is 3.13. The second kappa shape index (κ2) is 6.79. The van der Waals surface area contributed by atoms with Gasteiger partial charge in [-0.15, -0.1) is 0 Å². The van der Waals surface area contributed by atoms with Crippen LogP contribution in [0.3, 0.4) is 0 Å². The van der Waals surface area contributed by atoms with E-state index in [0.29, 0.717) is 30.3 Å². The molecule has 0 aliphatic heterocycles. The molecule has 0 aromatic carbocycles. The van der Waals surface area contributed by atoms with Crippen LogP contribution in [-0.4, -0.2) is 24.8 Å². The maximum absolute atomic E-state index is 11.7. The molecule has 4 heteroatoms. The predicted octanol–water partition coefficient (Wildman–Crippen LogP) is 3.30. The molecule has 2 unspecified atom stereocenters. The SMILES string of the molecule is CC1(C)CCCC(C(CN)CNC(=O)OC(C)(C)C)C1. The molecular weight excluding hydrogens is 252 g/mol. The number of nitrogens with two attached hydrogens (primary N) is 1. The first-order chi connectivity index (χ1) is 9.13. The molecule has 4 nitrogen and oxygen atoms in total. The number of hydrogen-bond acceptors (Lipinski definition) is 3. The summed E-state index contributed by atoms with van der Waals surface area (Å²) in [6, 6.07) is 0. The average molecular weight is 284 g/mol. The summed E-state index contributed by atoms with van der Waals surface area (Å²) in [5.41, 5.74) is 5.87. The Kier molecular flexibility index (Phi) is 5.87. The Morgan fingerprint density at radius 1 is 1.45 bits per heavy atom. The first kappa shape index (κ1) is 17.3. The van der Waals surface area contributed by atoms with Crippen LogP contribution in [0.25, 0.3) is 0 Å². The molecule has 20 heavy (non-hydrogen) atoms. The summed E-state index contributed by atoms with van der Waals surface area (Å²) in [5.74, 6) is 0.959. The standard InChI is InChI=1S/C16H32N2O2/c1-15(2,3)20-14(19)18-11-13(10-17)12-7-6-8-16(4,5)9-12/h12-13H,6-11,17H2,1-5H3,(H,18,19). The first-order valence-electron chi connectivity index (χ1n) is 7.80.